The quantitative estimate of drug-likeness (QED) is 0.869. The SMILES string of the molecule is CC(CNc1cc(N2CCN(C)C(=O)C2)ncn1)Cc1cccs1. The highest BCUT2D eigenvalue weighted by molar-refractivity contribution is 7.09. The van der Waals surface area contributed by atoms with Crippen LogP contribution in [0.5, 0.6) is 0 Å². The van der Waals surface area contributed by atoms with Gasteiger partial charge in [-0.25, -0.2) is 9.97 Å². The van der Waals surface area contributed by atoms with E-state index in [1.54, 1.807) is 22.6 Å². The molecule has 1 aliphatic rings. The summed E-state index contributed by atoms with van der Waals surface area (Å²) in [6.07, 6.45) is 2.62. The van der Waals surface area contributed by atoms with Gasteiger partial charge in [-0.1, -0.05) is 13.0 Å². The molecule has 1 amide bonds. The summed E-state index contributed by atoms with van der Waals surface area (Å²) < 4.78 is 0. The molecule has 2 aromatic rings. The van der Waals surface area contributed by atoms with Gasteiger partial charge in [0, 0.05) is 37.6 Å². The summed E-state index contributed by atoms with van der Waals surface area (Å²) in [5.41, 5.74) is 0. The van der Waals surface area contributed by atoms with Gasteiger partial charge in [-0.05, 0) is 23.8 Å². The molecule has 24 heavy (non-hydrogen) atoms. The molecular weight excluding hydrogens is 322 g/mol. The molecule has 7 heteroatoms. The van der Waals surface area contributed by atoms with E-state index in [0.717, 1.165) is 37.7 Å². The lowest BCUT2D eigenvalue weighted by molar-refractivity contribution is -0.129. The highest BCUT2D eigenvalue weighted by Crippen LogP contribution is 2.18. The van der Waals surface area contributed by atoms with E-state index < -0.39 is 0 Å². The molecule has 128 valence electrons. The summed E-state index contributed by atoms with van der Waals surface area (Å²) in [4.78, 5) is 25.6. The van der Waals surface area contributed by atoms with Crippen molar-refractivity contribution in [2.24, 2.45) is 5.92 Å². The normalized spacial score (nSPS) is 16.3. The highest BCUT2D eigenvalue weighted by Gasteiger charge is 2.22. The van der Waals surface area contributed by atoms with Gasteiger partial charge in [-0.15, -0.1) is 11.3 Å². The van der Waals surface area contributed by atoms with E-state index in [2.05, 4.69) is 39.7 Å². The fraction of sp³-hybridized carbons (Fsp3) is 0.471. The Bertz CT molecular complexity index is 675. The van der Waals surface area contributed by atoms with Gasteiger partial charge in [0.05, 0.1) is 6.54 Å². The van der Waals surface area contributed by atoms with Crippen LogP contribution in [0, 0.1) is 5.92 Å². The number of anilines is 2. The maximum Gasteiger partial charge on any atom is 0.241 e. The second kappa shape index (κ2) is 7.61. The van der Waals surface area contributed by atoms with Crippen molar-refractivity contribution in [3.63, 3.8) is 0 Å². The lowest BCUT2D eigenvalue weighted by Crippen LogP contribution is -2.48. The Morgan fingerprint density at radius 1 is 1.38 bits per heavy atom. The lowest BCUT2D eigenvalue weighted by atomic mass is 10.1. The van der Waals surface area contributed by atoms with Crippen molar-refractivity contribution in [3.8, 4) is 0 Å². The zero-order valence-corrected chi connectivity index (χ0v) is 14.9. The van der Waals surface area contributed by atoms with Gasteiger partial charge in [0.2, 0.25) is 5.91 Å². The van der Waals surface area contributed by atoms with Crippen LogP contribution in [0.1, 0.15) is 11.8 Å². The number of carbonyl (C=O) groups excluding carboxylic acids is 1. The number of piperazine rings is 1. The molecule has 1 saturated heterocycles. The summed E-state index contributed by atoms with van der Waals surface area (Å²) in [7, 11) is 1.83. The maximum atomic E-state index is 11.9. The predicted molar refractivity (Wildman–Crippen MR) is 97.6 cm³/mol. The van der Waals surface area contributed by atoms with Gasteiger partial charge in [0.25, 0.3) is 0 Å². The molecule has 6 nitrogen and oxygen atoms in total. The second-order valence-corrected chi connectivity index (χ2v) is 7.30. The first-order valence-corrected chi connectivity index (χ1v) is 9.07. The van der Waals surface area contributed by atoms with Crippen molar-refractivity contribution in [2.75, 3.05) is 43.4 Å². The monoisotopic (exact) mass is 345 g/mol. The predicted octanol–water partition coefficient (Wildman–Crippen LogP) is 2.11. The van der Waals surface area contributed by atoms with Crippen molar-refractivity contribution in [2.45, 2.75) is 13.3 Å². The molecule has 3 heterocycles. The van der Waals surface area contributed by atoms with Crippen LogP contribution in [0.25, 0.3) is 0 Å². The van der Waals surface area contributed by atoms with Crippen LogP contribution < -0.4 is 10.2 Å². The summed E-state index contributed by atoms with van der Waals surface area (Å²) in [6, 6.07) is 6.19. The molecule has 1 atom stereocenters. The molecule has 0 bridgehead atoms. The van der Waals surface area contributed by atoms with E-state index in [-0.39, 0.29) is 5.91 Å². The summed E-state index contributed by atoms with van der Waals surface area (Å²) >= 11 is 1.80. The Kier molecular flexibility index (Phi) is 5.30. The fourth-order valence-corrected chi connectivity index (χ4v) is 3.56. The van der Waals surface area contributed by atoms with Crippen LogP contribution in [-0.2, 0) is 11.2 Å². The number of hydrogen-bond donors (Lipinski definition) is 1. The number of thiophene rings is 1. The molecule has 1 N–H and O–H groups in total. The number of nitrogens with one attached hydrogen (secondary N) is 1. The Morgan fingerprint density at radius 2 is 2.25 bits per heavy atom. The van der Waals surface area contributed by atoms with Crippen LogP contribution in [0.15, 0.2) is 29.9 Å². The largest absolute Gasteiger partial charge is 0.370 e. The second-order valence-electron chi connectivity index (χ2n) is 6.27. The molecule has 3 rings (SSSR count). The van der Waals surface area contributed by atoms with E-state index in [9.17, 15) is 4.79 Å². The number of carbonyl (C=O) groups is 1. The highest BCUT2D eigenvalue weighted by atomic mass is 32.1. The standard InChI is InChI=1S/C17H23N5OS/c1-13(8-14-4-3-7-24-14)10-18-15-9-16(20-12-19-15)22-6-5-21(2)17(23)11-22/h3-4,7,9,12-13H,5-6,8,10-11H2,1-2H3,(H,18,19,20). The zero-order valence-electron chi connectivity index (χ0n) is 14.1. The van der Waals surface area contributed by atoms with Crippen LogP contribution >= 0.6 is 11.3 Å². The molecule has 0 radical (unpaired) electrons. The van der Waals surface area contributed by atoms with E-state index in [0.29, 0.717) is 12.5 Å². The molecule has 0 aromatic carbocycles. The minimum absolute atomic E-state index is 0.124. The van der Waals surface area contributed by atoms with Gasteiger partial charge in [-0.2, -0.15) is 0 Å². The van der Waals surface area contributed by atoms with Crippen molar-refractivity contribution in [3.05, 3.63) is 34.8 Å². The molecule has 0 aliphatic carbocycles. The molecule has 1 aliphatic heterocycles. The molecule has 0 saturated carbocycles. The number of hydrogen-bond acceptors (Lipinski definition) is 6. The average Bonchev–Trinajstić information content (AvgIpc) is 3.09. The van der Waals surface area contributed by atoms with Gasteiger partial charge in [-0.3, -0.25) is 4.79 Å². The minimum Gasteiger partial charge on any atom is -0.370 e. The fourth-order valence-electron chi connectivity index (χ4n) is 2.69. The Balaban J connectivity index is 1.56. The Morgan fingerprint density at radius 3 is 3.00 bits per heavy atom. The van der Waals surface area contributed by atoms with Gasteiger partial charge >= 0.3 is 0 Å². The first kappa shape index (κ1) is 16.7. The van der Waals surface area contributed by atoms with E-state index >= 15 is 0 Å². The Hall–Kier alpha value is -2.15. The Labute approximate surface area is 146 Å². The van der Waals surface area contributed by atoms with Crippen molar-refractivity contribution < 1.29 is 4.79 Å². The van der Waals surface area contributed by atoms with E-state index in [1.807, 2.05) is 18.0 Å². The van der Waals surface area contributed by atoms with Gasteiger partial charge in [0.1, 0.15) is 18.0 Å². The third-order valence-corrected chi connectivity index (χ3v) is 5.09. The summed E-state index contributed by atoms with van der Waals surface area (Å²) in [5.74, 6) is 2.26. The van der Waals surface area contributed by atoms with Crippen LogP contribution in [0.2, 0.25) is 0 Å². The lowest BCUT2D eigenvalue weighted by Gasteiger charge is -2.32. The third-order valence-electron chi connectivity index (χ3n) is 4.20. The number of amides is 1. The van der Waals surface area contributed by atoms with Gasteiger partial charge in [0.15, 0.2) is 0 Å². The molecule has 1 fully saturated rings. The molecule has 0 spiro atoms. The number of nitrogens with zero attached hydrogens (tertiary/aromatic N) is 4. The smallest absolute Gasteiger partial charge is 0.241 e. The summed E-state index contributed by atoms with van der Waals surface area (Å²) in [5, 5.41) is 5.50. The van der Waals surface area contributed by atoms with Crippen LogP contribution in [0.3, 0.4) is 0 Å². The topological polar surface area (TPSA) is 61.4 Å². The molecule has 2 aromatic heterocycles. The van der Waals surface area contributed by atoms with Crippen molar-refractivity contribution in [1.82, 2.24) is 14.9 Å². The van der Waals surface area contributed by atoms with E-state index in [1.165, 1.54) is 4.88 Å². The van der Waals surface area contributed by atoms with Crippen LogP contribution in [0.4, 0.5) is 11.6 Å². The van der Waals surface area contributed by atoms with Crippen molar-refractivity contribution in [1.29, 1.82) is 0 Å². The number of aromatic nitrogens is 2. The average molecular weight is 345 g/mol. The first-order chi connectivity index (χ1) is 11.6. The molecular formula is C17H23N5OS. The number of rotatable bonds is 6. The first-order valence-electron chi connectivity index (χ1n) is 8.19. The maximum absolute atomic E-state index is 11.9. The van der Waals surface area contributed by atoms with Crippen molar-refractivity contribution >= 4 is 28.9 Å². The zero-order chi connectivity index (χ0) is 16.9. The molecule has 1 unspecified atom stereocenters. The van der Waals surface area contributed by atoms with Gasteiger partial charge < -0.3 is 15.1 Å². The van der Waals surface area contributed by atoms with Crippen LogP contribution in [-0.4, -0.2) is 54.0 Å². The number of likely N-dealkylation sites (N-methyl/N-ethyl adjacent to an activating group) is 1. The van der Waals surface area contributed by atoms with E-state index in [4.69, 9.17) is 0 Å². The summed E-state index contributed by atoms with van der Waals surface area (Å²) in [6.45, 7) is 4.99. The minimum atomic E-state index is 0.124. The third kappa shape index (κ3) is 4.23.